The van der Waals surface area contributed by atoms with E-state index in [2.05, 4.69) is 19.9 Å². The summed E-state index contributed by atoms with van der Waals surface area (Å²) in [5, 5.41) is 10.6. The summed E-state index contributed by atoms with van der Waals surface area (Å²) in [6.07, 6.45) is 11.6. The average molecular weight is 347 g/mol. The van der Waals surface area contributed by atoms with Crippen LogP contribution in [0.2, 0.25) is 0 Å². The molecule has 1 aliphatic heterocycles. The maximum Gasteiger partial charge on any atom is 0.174 e. The van der Waals surface area contributed by atoms with Gasteiger partial charge < -0.3 is 14.6 Å². The van der Waals surface area contributed by atoms with Gasteiger partial charge in [-0.2, -0.15) is 0 Å². The highest BCUT2D eigenvalue weighted by molar-refractivity contribution is 5.27. The first-order chi connectivity index (χ1) is 11.8. The van der Waals surface area contributed by atoms with Crippen LogP contribution in [0, 0.1) is 28.6 Å². The molecule has 5 aliphatic rings. The zero-order valence-electron chi connectivity index (χ0n) is 16.1. The quantitative estimate of drug-likeness (QED) is 0.659. The van der Waals surface area contributed by atoms with Crippen molar-refractivity contribution in [3.63, 3.8) is 0 Å². The highest BCUT2D eigenvalue weighted by Crippen LogP contribution is 2.68. The van der Waals surface area contributed by atoms with Crippen molar-refractivity contribution in [1.82, 2.24) is 0 Å². The first-order valence-electron chi connectivity index (χ1n) is 10.5. The Morgan fingerprint density at radius 3 is 2.44 bits per heavy atom. The van der Waals surface area contributed by atoms with Crippen LogP contribution in [0.15, 0.2) is 11.6 Å². The second kappa shape index (κ2) is 5.11. The minimum Gasteiger partial charge on any atom is -0.390 e. The predicted octanol–water partition coefficient (Wildman–Crippen LogP) is 4.44. The number of rotatable bonds is 0. The van der Waals surface area contributed by atoms with E-state index in [1.807, 2.05) is 6.92 Å². The summed E-state index contributed by atoms with van der Waals surface area (Å²) in [6.45, 7) is 8.52. The average Bonchev–Trinajstić information content (AvgIpc) is 3.15. The second-order valence-corrected chi connectivity index (χ2v) is 10.4. The summed E-state index contributed by atoms with van der Waals surface area (Å²) in [6, 6.07) is 0. The third-order valence-corrected chi connectivity index (χ3v) is 9.18. The Bertz CT molecular complexity index is 602. The van der Waals surface area contributed by atoms with Crippen molar-refractivity contribution in [2.75, 3.05) is 13.2 Å². The van der Waals surface area contributed by atoms with Gasteiger partial charge in [0.25, 0.3) is 0 Å². The lowest BCUT2D eigenvalue weighted by molar-refractivity contribution is -0.242. The van der Waals surface area contributed by atoms with Gasteiger partial charge in [-0.15, -0.1) is 0 Å². The van der Waals surface area contributed by atoms with Crippen LogP contribution in [-0.4, -0.2) is 29.7 Å². The van der Waals surface area contributed by atoms with Gasteiger partial charge in [-0.25, -0.2) is 0 Å². The van der Waals surface area contributed by atoms with Crippen LogP contribution in [0.3, 0.4) is 0 Å². The first kappa shape index (κ1) is 16.8. The van der Waals surface area contributed by atoms with E-state index < -0.39 is 5.60 Å². The zero-order valence-corrected chi connectivity index (χ0v) is 16.1. The van der Waals surface area contributed by atoms with Crippen LogP contribution in [0.5, 0.6) is 0 Å². The summed E-state index contributed by atoms with van der Waals surface area (Å²) >= 11 is 0. The summed E-state index contributed by atoms with van der Waals surface area (Å²) in [5.41, 5.74) is 1.55. The molecule has 0 radical (unpaired) electrons. The number of ether oxygens (including phenoxy) is 2. The molecule has 25 heavy (non-hydrogen) atoms. The highest BCUT2D eigenvalue weighted by atomic mass is 16.7. The van der Waals surface area contributed by atoms with Gasteiger partial charge in [-0.3, -0.25) is 0 Å². The van der Waals surface area contributed by atoms with Gasteiger partial charge in [0, 0.05) is 11.8 Å². The minimum atomic E-state index is -0.496. The van der Waals surface area contributed by atoms with Crippen LogP contribution >= 0.6 is 0 Å². The van der Waals surface area contributed by atoms with E-state index >= 15 is 0 Å². The number of fused-ring (bicyclic) bond motifs is 6. The zero-order chi connectivity index (χ0) is 17.5. The Morgan fingerprint density at radius 2 is 1.68 bits per heavy atom. The fourth-order valence-electron chi connectivity index (χ4n) is 7.69. The standard InChI is InChI=1S/C22H34O3/c1-19(23)10-11-20(2)15(14-19)4-5-16-17(20)6-8-21(3)18(16)7-9-22(21)24-12-13-25-22/h4,16-18,23H,5-14H2,1-3H3/t16-,17+,18+,19-,20+,21+/m1/s1. The molecule has 1 heterocycles. The van der Waals surface area contributed by atoms with Crippen LogP contribution in [0.4, 0.5) is 0 Å². The summed E-state index contributed by atoms with van der Waals surface area (Å²) < 4.78 is 12.5. The third kappa shape index (κ3) is 2.09. The van der Waals surface area contributed by atoms with Crippen molar-refractivity contribution >= 4 is 0 Å². The van der Waals surface area contributed by atoms with Crippen molar-refractivity contribution in [1.29, 1.82) is 0 Å². The van der Waals surface area contributed by atoms with Crippen LogP contribution in [-0.2, 0) is 9.47 Å². The van der Waals surface area contributed by atoms with Crippen molar-refractivity contribution < 1.29 is 14.6 Å². The van der Waals surface area contributed by atoms with Crippen molar-refractivity contribution in [2.24, 2.45) is 28.6 Å². The molecule has 1 N–H and O–H groups in total. The molecule has 1 spiro atoms. The maximum absolute atomic E-state index is 10.6. The SMILES string of the molecule is C[C@@]1(O)CC[C@@]2(C)C(=CC[C@@H]3[C@@H]2CC[C@@]2(C)[C@H]3CCC23OCCO3)C1. The smallest absolute Gasteiger partial charge is 0.174 e. The lowest BCUT2D eigenvalue weighted by atomic mass is 9.47. The molecule has 5 rings (SSSR count). The number of aliphatic hydroxyl groups is 1. The predicted molar refractivity (Wildman–Crippen MR) is 97.0 cm³/mol. The van der Waals surface area contributed by atoms with E-state index in [0.717, 1.165) is 56.7 Å². The fraction of sp³-hybridized carbons (Fsp3) is 0.909. The molecule has 3 saturated carbocycles. The van der Waals surface area contributed by atoms with Gasteiger partial charge in [-0.1, -0.05) is 25.5 Å². The molecule has 1 saturated heterocycles. The Kier molecular flexibility index (Phi) is 3.43. The van der Waals surface area contributed by atoms with Gasteiger partial charge in [0.15, 0.2) is 5.79 Å². The lowest BCUT2D eigenvalue weighted by Gasteiger charge is -2.59. The molecule has 0 aromatic carbocycles. The molecular weight excluding hydrogens is 312 g/mol. The monoisotopic (exact) mass is 346 g/mol. The minimum absolute atomic E-state index is 0.187. The van der Waals surface area contributed by atoms with E-state index in [0.29, 0.717) is 5.41 Å². The van der Waals surface area contributed by atoms with E-state index in [-0.39, 0.29) is 11.2 Å². The molecule has 0 aromatic rings. The molecule has 3 nitrogen and oxygen atoms in total. The normalized spacial score (nSPS) is 53.9. The molecule has 0 unspecified atom stereocenters. The van der Waals surface area contributed by atoms with Crippen LogP contribution in [0.25, 0.3) is 0 Å². The Morgan fingerprint density at radius 1 is 0.960 bits per heavy atom. The molecular formula is C22H34O3. The molecule has 0 bridgehead atoms. The van der Waals surface area contributed by atoms with E-state index in [1.54, 1.807) is 5.57 Å². The van der Waals surface area contributed by atoms with Crippen molar-refractivity contribution in [3.05, 3.63) is 11.6 Å². The van der Waals surface area contributed by atoms with E-state index in [9.17, 15) is 5.11 Å². The third-order valence-electron chi connectivity index (χ3n) is 9.18. The first-order valence-corrected chi connectivity index (χ1v) is 10.5. The summed E-state index contributed by atoms with van der Waals surface area (Å²) in [5.74, 6) is 1.98. The second-order valence-electron chi connectivity index (χ2n) is 10.4. The Labute approximate surface area is 152 Å². The molecule has 4 aliphatic carbocycles. The van der Waals surface area contributed by atoms with Crippen LogP contribution in [0.1, 0.15) is 72.1 Å². The maximum atomic E-state index is 10.6. The Balaban J connectivity index is 1.48. The largest absolute Gasteiger partial charge is 0.390 e. The summed E-state index contributed by atoms with van der Waals surface area (Å²) in [4.78, 5) is 0. The van der Waals surface area contributed by atoms with E-state index in [1.165, 1.54) is 25.7 Å². The van der Waals surface area contributed by atoms with Gasteiger partial charge >= 0.3 is 0 Å². The highest BCUT2D eigenvalue weighted by Gasteiger charge is 2.66. The van der Waals surface area contributed by atoms with Crippen LogP contribution < -0.4 is 0 Å². The fourth-order valence-corrected chi connectivity index (χ4v) is 7.69. The molecule has 140 valence electrons. The van der Waals surface area contributed by atoms with Gasteiger partial charge in [0.05, 0.1) is 18.8 Å². The topological polar surface area (TPSA) is 38.7 Å². The molecule has 4 fully saturated rings. The number of allylic oxidation sites excluding steroid dienone is 1. The number of hydrogen-bond donors (Lipinski definition) is 1. The lowest BCUT2D eigenvalue weighted by Crippen LogP contribution is -2.55. The molecule has 3 heteroatoms. The van der Waals surface area contributed by atoms with Gasteiger partial charge in [0.2, 0.25) is 0 Å². The molecule has 0 amide bonds. The summed E-state index contributed by atoms with van der Waals surface area (Å²) in [7, 11) is 0. The van der Waals surface area contributed by atoms with E-state index in [4.69, 9.17) is 9.47 Å². The van der Waals surface area contributed by atoms with Crippen molar-refractivity contribution in [2.45, 2.75) is 83.5 Å². The van der Waals surface area contributed by atoms with Gasteiger partial charge in [-0.05, 0) is 75.0 Å². The molecule has 6 atom stereocenters. The Hall–Kier alpha value is -0.380. The van der Waals surface area contributed by atoms with Gasteiger partial charge in [0.1, 0.15) is 0 Å². The number of hydrogen-bond acceptors (Lipinski definition) is 3. The molecule has 0 aromatic heterocycles. The van der Waals surface area contributed by atoms with Crippen molar-refractivity contribution in [3.8, 4) is 0 Å².